The van der Waals surface area contributed by atoms with E-state index in [1.807, 2.05) is 29.2 Å². The van der Waals surface area contributed by atoms with E-state index in [1.165, 1.54) is 5.56 Å². The molecule has 1 unspecified atom stereocenters. The van der Waals surface area contributed by atoms with E-state index in [9.17, 15) is 4.79 Å². The number of hydrogen-bond acceptors (Lipinski definition) is 3. The molecule has 4 nitrogen and oxygen atoms in total. The molecule has 1 saturated heterocycles. The van der Waals surface area contributed by atoms with Crippen molar-refractivity contribution in [3.63, 3.8) is 0 Å². The number of methoxy groups -OCH3 is 1. The van der Waals surface area contributed by atoms with Crippen molar-refractivity contribution in [2.75, 3.05) is 19.4 Å². The van der Waals surface area contributed by atoms with Crippen LogP contribution in [0.3, 0.4) is 0 Å². The zero-order chi connectivity index (χ0) is 16.9. The van der Waals surface area contributed by atoms with Gasteiger partial charge in [-0.15, -0.1) is 0 Å². The Morgan fingerprint density at radius 3 is 2.42 bits per heavy atom. The van der Waals surface area contributed by atoms with E-state index < -0.39 is 0 Å². The summed E-state index contributed by atoms with van der Waals surface area (Å²) in [5.41, 5.74) is 8.28. The largest absolute Gasteiger partial charge is 0.497 e. The van der Waals surface area contributed by atoms with E-state index in [-0.39, 0.29) is 11.9 Å². The summed E-state index contributed by atoms with van der Waals surface area (Å²) in [4.78, 5) is 15.0. The first-order valence-corrected chi connectivity index (χ1v) is 8.49. The van der Waals surface area contributed by atoms with Crippen molar-refractivity contribution < 1.29 is 9.53 Å². The fourth-order valence-corrected chi connectivity index (χ4v) is 3.32. The molecule has 0 saturated carbocycles. The highest BCUT2D eigenvalue weighted by Gasteiger charge is 2.27. The van der Waals surface area contributed by atoms with Crippen molar-refractivity contribution in [1.29, 1.82) is 0 Å². The zero-order valence-electron chi connectivity index (χ0n) is 14.1. The predicted octanol–water partition coefficient (Wildman–Crippen LogP) is 4.03. The highest BCUT2D eigenvalue weighted by molar-refractivity contribution is 5.94. The summed E-state index contributed by atoms with van der Waals surface area (Å²) >= 11 is 0. The van der Waals surface area contributed by atoms with Crippen LogP contribution in [0.2, 0.25) is 0 Å². The Morgan fingerprint density at radius 2 is 1.75 bits per heavy atom. The maximum absolute atomic E-state index is 13.0. The third-order valence-electron chi connectivity index (χ3n) is 4.67. The molecular weight excluding hydrogens is 300 g/mol. The highest BCUT2D eigenvalue weighted by Crippen LogP contribution is 2.32. The van der Waals surface area contributed by atoms with Gasteiger partial charge in [-0.3, -0.25) is 4.79 Å². The lowest BCUT2D eigenvalue weighted by atomic mass is 10.00. The average Bonchev–Trinajstić information content (AvgIpc) is 2.88. The third-order valence-corrected chi connectivity index (χ3v) is 4.67. The second kappa shape index (κ2) is 7.39. The standard InChI is InChI=1S/C20H24N2O2/c1-24-18-12-8-15(9-13-18)19-5-3-2-4-14-22(19)20(23)16-6-10-17(21)11-7-16/h6-13,19H,2-5,14,21H2,1H3. The summed E-state index contributed by atoms with van der Waals surface area (Å²) in [6.45, 7) is 0.792. The maximum atomic E-state index is 13.0. The number of carbonyl (C=O) groups is 1. The van der Waals surface area contributed by atoms with E-state index >= 15 is 0 Å². The van der Waals surface area contributed by atoms with Gasteiger partial charge in [0.1, 0.15) is 5.75 Å². The van der Waals surface area contributed by atoms with E-state index in [0.717, 1.165) is 38.0 Å². The minimum absolute atomic E-state index is 0.0812. The molecule has 0 aromatic heterocycles. The van der Waals surface area contributed by atoms with Crippen LogP contribution in [0.4, 0.5) is 5.69 Å². The summed E-state index contributed by atoms with van der Waals surface area (Å²) in [7, 11) is 1.66. The number of hydrogen-bond donors (Lipinski definition) is 1. The molecule has 126 valence electrons. The van der Waals surface area contributed by atoms with Gasteiger partial charge in [0.05, 0.1) is 13.2 Å². The summed E-state index contributed by atoms with van der Waals surface area (Å²) < 4.78 is 5.24. The van der Waals surface area contributed by atoms with E-state index in [4.69, 9.17) is 10.5 Å². The van der Waals surface area contributed by atoms with Crippen LogP contribution in [-0.2, 0) is 0 Å². The SMILES string of the molecule is COc1ccc(C2CCCCCN2C(=O)c2ccc(N)cc2)cc1. The van der Waals surface area contributed by atoms with Gasteiger partial charge < -0.3 is 15.4 Å². The molecule has 1 atom stereocenters. The fraction of sp³-hybridized carbons (Fsp3) is 0.350. The Hall–Kier alpha value is -2.49. The topological polar surface area (TPSA) is 55.6 Å². The number of likely N-dealkylation sites (tertiary alicyclic amines) is 1. The zero-order valence-corrected chi connectivity index (χ0v) is 14.1. The monoisotopic (exact) mass is 324 g/mol. The lowest BCUT2D eigenvalue weighted by molar-refractivity contribution is 0.0681. The number of nitrogen functional groups attached to an aromatic ring is 1. The van der Waals surface area contributed by atoms with Gasteiger partial charge in [-0.1, -0.05) is 25.0 Å². The van der Waals surface area contributed by atoms with Crippen LogP contribution in [0.15, 0.2) is 48.5 Å². The van der Waals surface area contributed by atoms with Gasteiger partial charge in [0, 0.05) is 17.8 Å². The summed E-state index contributed by atoms with van der Waals surface area (Å²) in [6, 6.07) is 15.4. The molecule has 0 spiro atoms. The summed E-state index contributed by atoms with van der Waals surface area (Å²) in [6.07, 6.45) is 4.35. The minimum atomic E-state index is 0.0812. The molecule has 4 heteroatoms. The second-order valence-corrected chi connectivity index (χ2v) is 6.26. The molecule has 0 radical (unpaired) electrons. The van der Waals surface area contributed by atoms with E-state index in [1.54, 1.807) is 19.2 Å². The first-order valence-electron chi connectivity index (χ1n) is 8.49. The van der Waals surface area contributed by atoms with Crippen LogP contribution < -0.4 is 10.5 Å². The normalized spacial score (nSPS) is 18.0. The number of nitrogens with two attached hydrogens (primary N) is 1. The first kappa shape index (κ1) is 16.4. The van der Waals surface area contributed by atoms with Crippen LogP contribution in [0.1, 0.15) is 47.6 Å². The molecule has 1 fully saturated rings. The number of benzene rings is 2. The van der Waals surface area contributed by atoms with Crippen molar-refractivity contribution in [2.45, 2.75) is 31.7 Å². The van der Waals surface area contributed by atoms with Crippen LogP contribution in [0, 0.1) is 0 Å². The molecule has 0 bridgehead atoms. The molecule has 3 rings (SSSR count). The van der Waals surface area contributed by atoms with Gasteiger partial charge in [0.15, 0.2) is 0 Å². The Kier molecular flexibility index (Phi) is 5.04. The molecule has 0 aliphatic carbocycles. The Morgan fingerprint density at radius 1 is 1.04 bits per heavy atom. The predicted molar refractivity (Wildman–Crippen MR) is 96.1 cm³/mol. The molecule has 24 heavy (non-hydrogen) atoms. The molecule has 1 heterocycles. The van der Waals surface area contributed by atoms with E-state index in [0.29, 0.717) is 11.3 Å². The van der Waals surface area contributed by atoms with Crippen LogP contribution >= 0.6 is 0 Å². The van der Waals surface area contributed by atoms with Crippen molar-refractivity contribution in [2.24, 2.45) is 0 Å². The Bertz CT molecular complexity index is 680. The molecule has 2 N–H and O–H groups in total. The van der Waals surface area contributed by atoms with Crippen molar-refractivity contribution in [3.05, 3.63) is 59.7 Å². The average molecular weight is 324 g/mol. The van der Waals surface area contributed by atoms with Gasteiger partial charge in [-0.25, -0.2) is 0 Å². The smallest absolute Gasteiger partial charge is 0.254 e. The molecule has 1 amide bonds. The summed E-state index contributed by atoms with van der Waals surface area (Å²) in [5, 5.41) is 0. The Balaban J connectivity index is 1.88. The molecule has 1 aliphatic heterocycles. The van der Waals surface area contributed by atoms with Gasteiger partial charge in [-0.2, -0.15) is 0 Å². The molecule has 2 aromatic carbocycles. The number of ether oxygens (including phenoxy) is 1. The molecular formula is C20H24N2O2. The Labute approximate surface area is 143 Å². The fourth-order valence-electron chi connectivity index (χ4n) is 3.32. The number of rotatable bonds is 3. The van der Waals surface area contributed by atoms with Gasteiger partial charge >= 0.3 is 0 Å². The lowest BCUT2D eigenvalue weighted by Gasteiger charge is -2.30. The van der Waals surface area contributed by atoms with Crippen molar-refractivity contribution >= 4 is 11.6 Å². The number of anilines is 1. The van der Waals surface area contributed by atoms with Crippen LogP contribution in [0.25, 0.3) is 0 Å². The highest BCUT2D eigenvalue weighted by atomic mass is 16.5. The number of carbonyl (C=O) groups excluding carboxylic acids is 1. The van der Waals surface area contributed by atoms with Crippen molar-refractivity contribution in [3.8, 4) is 5.75 Å². The number of nitrogens with zero attached hydrogens (tertiary/aromatic N) is 1. The number of amides is 1. The summed E-state index contributed by atoms with van der Waals surface area (Å²) in [5.74, 6) is 0.918. The quantitative estimate of drug-likeness (QED) is 0.867. The van der Waals surface area contributed by atoms with Gasteiger partial charge in [0.2, 0.25) is 0 Å². The minimum Gasteiger partial charge on any atom is -0.497 e. The lowest BCUT2D eigenvalue weighted by Crippen LogP contribution is -2.34. The second-order valence-electron chi connectivity index (χ2n) is 6.26. The van der Waals surface area contributed by atoms with Crippen molar-refractivity contribution in [1.82, 2.24) is 4.90 Å². The van der Waals surface area contributed by atoms with Gasteiger partial charge in [-0.05, 0) is 54.8 Å². The van der Waals surface area contributed by atoms with E-state index in [2.05, 4.69) is 12.1 Å². The first-order chi connectivity index (χ1) is 11.7. The molecule has 1 aliphatic rings. The van der Waals surface area contributed by atoms with Crippen LogP contribution in [0.5, 0.6) is 5.75 Å². The maximum Gasteiger partial charge on any atom is 0.254 e. The molecule has 2 aromatic rings. The van der Waals surface area contributed by atoms with Crippen LogP contribution in [-0.4, -0.2) is 24.5 Å². The van der Waals surface area contributed by atoms with Gasteiger partial charge in [0.25, 0.3) is 5.91 Å². The third kappa shape index (κ3) is 3.53.